The zero-order valence-electron chi connectivity index (χ0n) is 6.82. The van der Waals surface area contributed by atoms with E-state index in [0.717, 1.165) is 25.0 Å². The third kappa shape index (κ3) is 1.41. The highest BCUT2D eigenvalue weighted by atomic mass is 32.1. The summed E-state index contributed by atoms with van der Waals surface area (Å²) in [4.78, 5) is 15.6. The third-order valence-corrected chi connectivity index (χ3v) is 2.97. The summed E-state index contributed by atoms with van der Waals surface area (Å²) in [5, 5.41) is 1.99. The number of carbonyl (C=O) groups excluding carboxylic acids is 1. The molecule has 0 aromatic carbocycles. The topological polar surface area (TPSA) is 30.0 Å². The summed E-state index contributed by atoms with van der Waals surface area (Å²) in [7, 11) is 0. The van der Waals surface area contributed by atoms with Crippen molar-refractivity contribution in [2.45, 2.75) is 31.6 Å². The fourth-order valence-corrected chi connectivity index (χ4v) is 2.30. The first-order chi connectivity index (χ1) is 5.88. The van der Waals surface area contributed by atoms with E-state index in [2.05, 4.69) is 4.98 Å². The summed E-state index contributed by atoms with van der Waals surface area (Å²) in [5.74, 6) is 0.497. The van der Waals surface area contributed by atoms with Crippen molar-refractivity contribution in [3.05, 3.63) is 16.6 Å². The van der Waals surface area contributed by atoms with Gasteiger partial charge in [0.15, 0.2) is 0 Å². The minimum atomic E-state index is 0.116. The molecule has 0 bridgehead atoms. The van der Waals surface area contributed by atoms with E-state index in [9.17, 15) is 4.79 Å². The van der Waals surface area contributed by atoms with Crippen molar-refractivity contribution in [3.8, 4) is 0 Å². The van der Waals surface area contributed by atoms with Gasteiger partial charge in [0.1, 0.15) is 5.78 Å². The zero-order chi connectivity index (χ0) is 8.39. The minimum Gasteiger partial charge on any atom is -0.299 e. The smallest absolute Gasteiger partial charge is 0.141 e. The maximum atomic E-state index is 11.5. The first kappa shape index (κ1) is 7.92. The van der Waals surface area contributed by atoms with Crippen LogP contribution in [0.3, 0.4) is 0 Å². The van der Waals surface area contributed by atoms with Gasteiger partial charge < -0.3 is 0 Å². The summed E-state index contributed by atoms with van der Waals surface area (Å²) in [6.45, 7) is 0. The number of hydrogen-bond donors (Lipinski definition) is 0. The van der Waals surface area contributed by atoms with E-state index in [1.165, 1.54) is 6.42 Å². The van der Waals surface area contributed by atoms with E-state index in [-0.39, 0.29) is 5.92 Å². The van der Waals surface area contributed by atoms with Crippen LogP contribution >= 0.6 is 11.3 Å². The van der Waals surface area contributed by atoms with Crippen LogP contribution in [0.1, 0.15) is 37.3 Å². The van der Waals surface area contributed by atoms with Gasteiger partial charge in [-0.1, -0.05) is 6.42 Å². The molecule has 1 aromatic heterocycles. The number of carbonyl (C=O) groups is 1. The second-order valence-corrected chi connectivity index (χ2v) is 3.90. The van der Waals surface area contributed by atoms with E-state index in [1.54, 1.807) is 16.8 Å². The SMILES string of the molecule is O=C1CCCCC1c1cscn1. The van der Waals surface area contributed by atoms with Gasteiger partial charge in [-0.3, -0.25) is 4.79 Å². The van der Waals surface area contributed by atoms with Gasteiger partial charge in [0, 0.05) is 11.8 Å². The van der Waals surface area contributed by atoms with Crippen molar-refractivity contribution in [1.82, 2.24) is 4.98 Å². The lowest BCUT2D eigenvalue weighted by atomic mass is 9.86. The molecule has 1 heterocycles. The average Bonchev–Trinajstić information content (AvgIpc) is 2.57. The first-order valence-electron chi connectivity index (χ1n) is 4.29. The molecule has 1 saturated carbocycles. The van der Waals surface area contributed by atoms with Crippen LogP contribution in [0, 0.1) is 0 Å². The van der Waals surface area contributed by atoms with Gasteiger partial charge in [0.05, 0.1) is 17.1 Å². The molecular formula is C9H11NOS. The summed E-state index contributed by atoms with van der Waals surface area (Å²) >= 11 is 1.57. The van der Waals surface area contributed by atoms with Crippen LogP contribution in [-0.2, 0) is 4.79 Å². The Morgan fingerprint density at radius 2 is 2.42 bits per heavy atom. The van der Waals surface area contributed by atoms with Crippen LogP contribution < -0.4 is 0 Å². The molecule has 1 unspecified atom stereocenters. The van der Waals surface area contributed by atoms with Crippen molar-refractivity contribution in [3.63, 3.8) is 0 Å². The van der Waals surface area contributed by atoms with E-state index >= 15 is 0 Å². The van der Waals surface area contributed by atoms with Crippen molar-refractivity contribution in [2.75, 3.05) is 0 Å². The second kappa shape index (κ2) is 3.35. The van der Waals surface area contributed by atoms with Gasteiger partial charge in [0.25, 0.3) is 0 Å². The van der Waals surface area contributed by atoms with Crippen LogP contribution in [0.4, 0.5) is 0 Å². The predicted molar refractivity (Wildman–Crippen MR) is 48.3 cm³/mol. The molecule has 64 valence electrons. The van der Waals surface area contributed by atoms with Gasteiger partial charge >= 0.3 is 0 Å². The Morgan fingerprint density at radius 3 is 3.08 bits per heavy atom. The standard InChI is InChI=1S/C9H11NOS/c11-9-4-2-1-3-7(9)8-5-12-6-10-8/h5-7H,1-4H2. The highest BCUT2D eigenvalue weighted by Crippen LogP contribution is 2.29. The molecule has 0 aliphatic heterocycles. The molecule has 0 amide bonds. The van der Waals surface area contributed by atoms with E-state index in [4.69, 9.17) is 0 Å². The Balaban J connectivity index is 2.17. The van der Waals surface area contributed by atoms with Crippen LogP contribution in [0.15, 0.2) is 10.9 Å². The number of hydrogen-bond acceptors (Lipinski definition) is 3. The number of rotatable bonds is 1. The molecule has 0 radical (unpaired) electrons. The van der Waals surface area contributed by atoms with Gasteiger partial charge in [-0.15, -0.1) is 11.3 Å². The first-order valence-corrected chi connectivity index (χ1v) is 5.23. The summed E-state index contributed by atoms with van der Waals surface area (Å²) in [6, 6.07) is 0. The number of thiazole rings is 1. The molecule has 1 aromatic rings. The van der Waals surface area contributed by atoms with Crippen molar-refractivity contribution in [2.24, 2.45) is 0 Å². The molecule has 1 fully saturated rings. The van der Waals surface area contributed by atoms with Gasteiger partial charge in [-0.2, -0.15) is 0 Å². The largest absolute Gasteiger partial charge is 0.299 e. The molecule has 2 nitrogen and oxygen atoms in total. The fourth-order valence-electron chi connectivity index (χ4n) is 1.69. The highest BCUT2D eigenvalue weighted by Gasteiger charge is 2.24. The van der Waals surface area contributed by atoms with Gasteiger partial charge in [-0.05, 0) is 12.8 Å². The second-order valence-electron chi connectivity index (χ2n) is 3.18. The maximum absolute atomic E-state index is 11.5. The fraction of sp³-hybridized carbons (Fsp3) is 0.556. The Kier molecular flexibility index (Phi) is 2.21. The van der Waals surface area contributed by atoms with Crippen LogP contribution in [0.5, 0.6) is 0 Å². The van der Waals surface area contributed by atoms with Crippen LogP contribution in [-0.4, -0.2) is 10.8 Å². The summed E-state index contributed by atoms with van der Waals surface area (Å²) in [6.07, 6.45) is 4.00. The van der Waals surface area contributed by atoms with Gasteiger partial charge in [-0.25, -0.2) is 4.98 Å². The number of ketones is 1. The number of nitrogens with zero attached hydrogens (tertiary/aromatic N) is 1. The molecule has 1 aliphatic rings. The zero-order valence-corrected chi connectivity index (χ0v) is 7.64. The molecular weight excluding hydrogens is 170 g/mol. The molecule has 12 heavy (non-hydrogen) atoms. The van der Waals surface area contributed by atoms with E-state index < -0.39 is 0 Å². The normalized spacial score (nSPS) is 24.3. The monoisotopic (exact) mass is 181 g/mol. The van der Waals surface area contributed by atoms with Crippen molar-refractivity contribution >= 4 is 17.1 Å². The van der Waals surface area contributed by atoms with E-state index in [0.29, 0.717) is 5.78 Å². The van der Waals surface area contributed by atoms with Crippen LogP contribution in [0.25, 0.3) is 0 Å². The Morgan fingerprint density at radius 1 is 1.50 bits per heavy atom. The molecule has 1 aliphatic carbocycles. The number of Topliss-reactive ketones (excluding diaryl/α,β-unsaturated/α-hetero) is 1. The molecule has 0 saturated heterocycles. The lowest BCUT2D eigenvalue weighted by Crippen LogP contribution is -2.17. The average molecular weight is 181 g/mol. The summed E-state index contributed by atoms with van der Waals surface area (Å²) < 4.78 is 0. The summed E-state index contributed by atoms with van der Waals surface area (Å²) in [5.41, 5.74) is 2.79. The predicted octanol–water partition coefficient (Wildman–Crippen LogP) is 2.37. The minimum absolute atomic E-state index is 0.116. The Hall–Kier alpha value is -0.700. The maximum Gasteiger partial charge on any atom is 0.141 e. The molecule has 2 rings (SSSR count). The molecule has 3 heteroatoms. The lowest BCUT2D eigenvalue weighted by Gasteiger charge is -2.18. The van der Waals surface area contributed by atoms with Crippen molar-refractivity contribution < 1.29 is 4.79 Å². The van der Waals surface area contributed by atoms with Gasteiger partial charge in [0.2, 0.25) is 0 Å². The Bertz CT molecular complexity index is 268. The van der Waals surface area contributed by atoms with Crippen molar-refractivity contribution in [1.29, 1.82) is 0 Å². The molecule has 0 N–H and O–H groups in total. The third-order valence-electron chi connectivity index (χ3n) is 2.36. The van der Waals surface area contributed by atoms with E-state index in [1.807, 2.05) is 5.38 Å². The van der Waals surface area contributed by atoms with Crippen LogP contribution in [0.2, 0.25) is 0 Å². The Labute approximate surface area is 75.6 Å². The molecule has 1 atom stereocenters. The number of aromatic nitrogens is 1. The highest BCUT2D eigenvalue weighted by molar-refractivity contribution is 7.07. The molecule has 0 spiro atoms. The lowest BCUT2D eigenvalue weighted by molar-refractivity contribution is -0.121. The quantitative estimate of drug-likeness (QED) is 0.665.